The van der Waals surface area contributed by atoms with Crippen molar-refractivity contribution in [2.45, 2.75) is 13.0 Å². The maximum Gasteiger partial charge on any atom is 0.320 e. The lowest BCUT2D eigenvalue weighted by Gasteiger charge is -2.09. The molecule has 1 heterocycles. The number of hydrogen-bond acceptors (Lipinski definition) is 4. The number of rotatable bonds is 8. The highest BCUT2D eigenvalue weighted by Gasteiger charge is 2.10. The van der Waals surface area contributed by atoms with Crippen molar-refractivity contribution in [2.24, 2.45) is 0 Å². The number of hydrogen-bond donors (Lipinski definition) is 3. The molecule has 0 unspecified atom stereocenters. The summed E-state index contributed by atoms with van der Waals surface area (Å²) in [6.45, 7) is 0.941. The Morgan fingerprint density at radius 1 is 0.968 bits per heavy atom. The van der Waals surface area contributed by atoms with E-state index < -0.39 is 0 Å². The topological polar surface area (TPSA) is 88.3 Å². The average molecular weight is 416 g/mol. The SMILES string of the molecule is COc1cccc(COc2ccc3[nH]nc(NC(=O)NCCc4ccccc4)c3c2)c1. The molecule has 1 aromatic heterocycles. The van der Waals surface area contributed by atoms with Crippen molar-refractivity contribution >= 4 is 22.8 Å². The van der Waals surface area contributed by atoms with Crippen LogP contribution < -0.4 is 20.1 Å². The van der Waals surface area contributed by atoms with Gasteiger partial charge in [0.15, 0.2) is 5.82 Å². The first kappa shape index (κ1) is 20.3. The van der Waals surface area contributed by atoms with Crippen LogP contribution in [0.2, 0.25) is 0 Å². The molecule has 3 N–H and O–H groups in total. The number of amides is 2. The van der Waals surface area contributed by atoms with Crippen LogP contribution in [-0.4, -0.2) is 29.9 Å². The van der Waals surface area contributed by atoms with Gasteiger partial charge < -0.3 is 14.8 Å². The largest absolute Gasteiger partial charge is 0.497 e. The number of aromatic amines is 1. The molecule has 0 aliphatic heterocycles. The fourth-order valence-electron chi connectivity index (χ4n) is 3.22. The van der Waals surface area contributed by atoms with E-state index in [2.05, 4.69) is 20.8 Å². The Morgan fingerprint density at radius 2 is 1.81 bits per heavy atom. The van der Waals surface area contributed by atoms with Crippen molar-refractivity contribution in [2.75, 3.05) is 19.0 Å². The zero-order chi connectivity index (χ0) is 21.5. The van der Waals surface area contributed by atoms with Gasteiger partial charge in [-0.3, -0.25) is 10.4 Å². The molecule has 31 heavy (non-hydrogen) atoms. The molecule has 7 nitrogen and oxygen atoms in total. The van der Waals surface area contributed by atoms with Crippen LogP contribution in [0, 0.1) is 0 Å². The summed E-state index contributed by atoms with van der Waals surface area (Å²) in [5.41, 5.74) is 2.99. The van der Waals surface area contributed by atoms with E-state index in [-0.39, 0.29) is 6.03 Å². The van der Waals surface area contributed by atoms with E-state index in [1.54, 1.807) is 7.11 Å². The molecule has 4 aromatic rings. The minimum absolute atomic E-state index is 0.299. The molecule has 2 amide bonds. The number of ether oxygens (including phenoxy) is 2. The first-order chi connectivity index (χ1) is 15.2. The standard InChI is InChI=1S/C24H24N4O3/c1-30-19-9-5-8-18(14-19)16-31-20-10-11-22-21(15-20)23(28-27-22)26-24(29)25-13-12-17-6-3-2-4-7-17/h2-11,14-15H,12-13,16H2,1H3,(H3,25,26,27,28,29). The Morgan fingerprint density at radius 3 is 2.65 bits per heavy atom. The van der Waals surface area contributed by atoms with Crippen LogP contribution in [0.3, 0.4) is 0 Å². The van der Waals surface area contributed by atoms with Gasteiger partial charge in [0, 0.05) is 11.9 Å². The van der Waals surface area contributed by atoms with Gasteiger partial charge in [0.25, 0.3) is 0 Å². The normalized spacial score (nSPS) is 10.6. The number of benzene rings is 3. The van der Waals surface area contributed by atoms with E-state index in [0.717, 1.165) is 28.6 Å². The number of H-pyrrole nitrogens is 1. The average Bonchev–Trinajstić information content (AvgIpc) is 3.20. The van der Waals surface area contributed by atoms with Crippen LogP contribution in [0.1, 0.15) is 11.1 Å². The lowest BCUT2D eigenvalue weighted by atomic mass is 10.1. The Balaban J connectivity index is 1.36. The summed E-state index contributed by atoms with van der Waals surface area (Å²) in [5, 5.41) is 13.6. The van der Waals surface area contributed by atoms with Crippen molar-refractivity contribution in [3.05, 3.63) is 83.9 Å². The summed E-state index contributed by atoms with van der Waals surface area (Å²) in [4.78, 5) is 12.3. The number of urea groups is 1. The number of fused-ring (bicyclic) bond motifs is 1. The van der Waals surface area contributed by atoms with Crippen molar-refractivity contribution in [1.82, 2.24) is 15.5 Å². The molecule has 3 aromatic carbocycles. The van der Waals surface area contributed by atoms with Crippen molar-refractivity contribution in [3.63, 3.8) is 0 Å². The van der Waals surface area contributed by atoms with Crippen LogP contribution >= 0.6 is 0 Å². The van der Waals surface area contributed by atoms with Crippen LogP contribution in [-0.2, 0) is 13.0 Å². The van der Waals surface area contributed by atoms with Gasteiger partial charge in [-0.05, 0) is 47.9 Å². The summed E-state index contributed by atoms with van der Waals surface area (Å²) in [7, 11) is 1.64. The first-order valence-corrected chi connectivity index (χ1v) is 10.0. The van der Waals surface area contributed by atoms with E-state index >= 15 is 0 Å². The smallest absolute Gasteiger partial charge is 0.320 e. The monoisotopic (exact) mass is 416 g/mol. The lowest BCUT2D eigenvalue weighted by Crippen LogP contribution is -2.30. The molecule has 0 radical (unpaired) electrons. The number of carbonyl (C=O) groups excluding carboxylic acids is 1. The first-order valence-electron chi connectivity index (χ1n) is 10.0. The molecule has 0 spiro atoms. The summed E-state index contributed by atoms with van der Waals surface area (Å²) < 4.78 is 11.2. The number of nitrogens with zero attached hydrogens (tertiary/aromatic N) is 1. The molecule has 0 saturated heterocycles. The van der Waals surface area contributed by atoms with Crippen molar-refractivity contribution < 1.29 is 14.3 Å². The zero-order valence-corrected chi connectivity index (χ0v) is 17.2. The minimum atomic E-state index is -0.299. The summed E-state index contributed by atoms with van der Waals surface area (Å²) in [6, 6.07) is 23.0. The molecule has 0 saturated carbocycles. The molecule has 0 bridgehead atoms. The Hall–Kier alpha value is -4.00. The van der Waals surface area contributed by atoms with Gasteiger partial charge in [-0.15, -0.1) is 0 Å². The van der Waals surface area contributed by atoms with Crippen LogP contribution in [0.15, 0.2) is 72.8 Å². The fraction of sp³-hybridized carbons (Fsp3) is 0.167. The van der Waals surface area contributed by atoms with Gasteiger partial charge in [0.2, 0.25) is 0 Å². The Kier molecular flexibility index (Phi) is 6.32. The second-order valence-corrected chi connectivity index (χ2v) is 7.04. The number of methoxy groups -OCH3 is 1. The maximum atomic E-state index is 12.3. The van der Waals surface area contributed by atoms with E-state index in [4.69, 9.17) is 9.47 Å². The fourth-order valence-corrected chi connectivity index (χ4v) is 3.22. The molecule has 0 fully saturated rings. The lowest BCUT2D eigenvalue weighted by molar-refractivity contribution is 0.252. The van der Waals surface area contributed by atoms with Gasteiger partial charge in [0.1, 0.15) is 18.1 Å². The maximum absolute atomic E-state index is 12.3. The summed E-state index contributed by atoms with van der Waals surface area (Å²) >= 11 is 0. The highest BCUT2D eigenvalue weighted by Crippen LogP contribution is 2.26. The van der Waals surface area contributed by atoms with Crippen LogP contribution in [0.4, 0.5) is 10.6 Å². The van der Waals surface area contributed by atoms with E-state index in [1.165, 1.54) is 5.56 Å². The zero-order valence-electron chi connectivity index (χ0n) is 17.2. The third kappa shape index (κ3) is 5.33. The Labute approximate surface area is 180 Å². The molecular formula is C24H24N4O3. The van der Waals surface area contributed by atoms with Crippen molar-refractivity contribution in [1.29, 1.82) is 0 Å². The summed E-state index contributed by atoms with van der Waals surface area (Å²) in [6.07, 6.45) is 0.762. The van der Waals surface area contributed by atoms with Gasteiger partial charge in [-0.25, -0.2) is 4.79 Å². The second-order valence-electron chi connectivity index (χ2n) is 7.04. The molecule has 158 valence electrons. The molecule has 0 atom stereocenters. The van der Waals surface area contributed by atoms with Gasteiger partial charge >= 0.3 is 6.03 Å². The summed E-state index contributed by atoms with van der Waals surface area (Å²) in [5.74, 6) is 1.93. The molecule has 7 heteroatoms. The molecule has 0 aliphatic rings. The second kappa shape index (κ2) is 9.67. The van der Waals surface area contributed by atoms with E-state index in [9.17, 15) is 4.79 Å². The number of aromatic nitrogens is 2. The van der Waals surface area contributed by atoms with Crippen LogP contribution in [0.5, 0.6) is 11.5 Å². The highest BCUT2D eigenvalue weighted by atomic mass is 16.5. The number of anilines is 1. The van der Waals surface area contributed by atoms with E-state index in [0.29, 0.717) is 24.7 Å². The van der Waals surface area contributed by atoms with Crippen molar-refractivity contribution in [3.8, 4) is 11.5 Å². The number of carbonyl (C=O) groups is 1. The van der Waals surface area contributed by atoms with E-state index in [1.807, 2.05) is 72.8 Å². The molecular weight excluding hydrogens is 392 g/mol. The minimum Gasteiger partial charge on any atom is -0.497 e. The predicted molar refractivity (Wildman–Crippen MR) is 121 cm³/mol. The molecule has 0 aliphatic carbocycles. The Bertz CT molecular complexity index is 1160. The quantitative estimate of drug-likeness (QED) is 0.394. The highest BCUT2D eigenvalue weighted by molar-refractivity contribution is 5.99. The van der Waals surface area contributed by atoms with Gasteiger partial charge in [-0.1, -0.05) is 42.5 Å². The number of nitrogens with one attached hydrogen (secondary N) is 3. The predicted octanol–water partition coefficient (Wildman–Crippen LogP) is 4.51. The molecule has 4 rings (SSSR count). The third-order valence-electron chi connectivity index (χ3n) is 4.85. The van der Waals surface area contributed by atoms with Crippen LogP contribution in [0.25, 0.3) is 10.9 Å². The van der Waals surface area contributed by atoms with Gasteiger partial charge in [0.05, 0.1) is 12.6 Å². The van der Waals surface area contributed by atoms with Gasteiger partial charge in [-0.2, -0.15) is 5.10 Å². The third-order valence-corrected chi connectivity index (χ3v) is 4.85.